The fourth-order valence-electron chi connectivity index (χ4n) is 2.83. The lowest BCUT2D eigenvalue weighted by molar-refractivity contribution is -0.117. The Bertz CT molecular complexity index is 853. The summed E-state index contributed by atoms with van der Waals surface area (Å²) >= 11 is 0. The van der Waals surface area contributed by atoms with E-state index in [1.807, 2.05) is 42.6 Å². The minimum Gasteiger partial charge on any atom is -0.346 e. The van der Waals surface area contributed by atoms with E-state index in [2.05, 4.69) is 29.1 Å². The molecule has 124 valence electrons. The summed E-state index contributed by atoms with van der Waals surface area (Å²) in [5.41, 5.74) is 9.64. The van der Waals surface area contributed by atoms with E-state index in [4.69, 9.17) is 5.73 Å². The van der Waals surface area contributed by atoms with E-state index in [0.717, 1.165) is 27.8 Å². The van der Waals surface area contributed by atoms with Gasteiger partial charge in [0, 0.05) is 23.5 Å². The van der Waals surface area contributed by atoms with Crippen LogP contribution in [0, 0.1) is 5.92 Å². The number of pyridine rings is 1. The summed E-state index contributed by atoms with van der Waals surface area (Å²) in [6, 6.07) is 11.3. The zero-order valence-corrected chi connectivity index (χ0v) is 13.9. The van der Waals surface area contributed by atoms with Crippen LogP contribution < -0.4 is 11.1 Å². The highest BCUT2D eigenvalue weighted by molar-refractivity contribution is 5.97. The van der Waals surface area contributed by atoms with Crippen molar-refractivity contribution < 1.29 is 4.79 Å². The predicted molar refractivity (Wildman–Crippen MR) is 97.6 cm³/mol. The van der Waals surface area contributed by atoms with Crippen LogP contribution >= 0.6 is 0 Å². The van der Waals surface area contributed by atoms with Crippen molar-refractivity contribution >= 4 is 22.6 Å². The normalized spacial score (nSPS) is 12.5. The van der Waals surface area contributed by atoms with E-state index in [-0.39, 0.29) is 5.91 Å². The van der Waals surface area contributed by atoms with Crippen LogP contribution in [0.2, 0.25) is 0 Å². The molecule has 4 N–H and O–H groups in total. The maximum Gasteiger partial charge on any atom is 0.241 e. The molecule has 0 bridgehead atoms. The Labute approximate surface area is 141 Å². The van der Waals surface area contributed by atoms with Crippen molar-refractivity contribution in [3.05, 3.63) is 48.8 Å². The molecule has 24 heavy (non-hydrogen) atoms. The van der Waals surface area contributed by atoms with Crippen LogP contribution in [0.15, 0.2) is 48.8 Å². The number of amides is 1. The summed E-state index contributed by atoms with van der Waals surface area (Å²) in [7, 11) is 0. The number of aromatic amines is 1. The van der Waals surface area contributed by atoms with Crippen LogP contribution in [0.25, 0.3) is 22.2 Å². The number of nitrogens with one attached hydrogen (secondary N) is 2. The first kappa shape index (κ1) is 16.2. The van der Waals surface area contributed by atoms with Gasteiger partial charge in [-0.15, -0.1) is 0 Å². The van der Waals surface area contributed by atoms with Crippen LogP contribution in [0.3, 0.4) is 0 Å². The van der Waals surface area contributed by atoms with Gasteiger partial charge in [-0.2, -0.15) is 0 Å². The third-order valence-electron chi connectivity index (χ3n) is 3.96. The Hall–Kier alpha value is -2.66. The maximum atomic E-state index is 12.2. The summed E-state index contributed by atoms with van der Waals surface area (Å²) in [5.74, 6) is 0.234. The summed E-state index contributed by atoms with van der Waals surface area (Å²) < 4.78 is 0. The molecule has 5 heteroatoms. The molecule has 0 fully saturated rings. The topological polar surface area (TPSA) is 83.8 Å². The standard InChI is InChI=1S/C19H22N4O/c1-12(2)10-17(20)19(24)23-14-5-3-4-13(11-14)15-6-8-21-18-16(15)7-9-22-18/h3-9,11-12,17H,10,20H2,1-2H3,(H,21,22)(H,23,24)/t17-/m1/s1. The van der Waals surface area contributed by atoms with E-state index in [9.17, 15) is 4.79 Å². The molecule has 0 saturated carbocycles. The predicted octanol–water partition coefficient (Wildman–Crippen LogP) is 3.54. The molecule has 5 nitrogen and oxygen atoms in total. The number of carbonyl (C=O) groups is 1. The Morgan fingerprint density at radius 2 is 2.12 bits per heavy atom. The number of rotatable bonds is 5. The molecule has 3 rings (SSSR count). The number of benzene rings is 1. The van der Waals surface area contributed by atoms with Gasteiger partial charge in [0.25, 0.3) is 0 Å². The molecule has 2 heterocycles. The van der Waals surface area contributed by atoms with Crippen molar-refractivity contribution in [3.63, 3.8) is 0 Å². The van der Waals surface area contributed by atoms with Gasteiger partial charge in [-0.1, -0.05) is 26.0 Å². The first-order valence-electron chi connectivity index (χ1n) is 8.13. The van der Waals surface area contributed by atoms with Gasteiger partial charge in [-0.05, 0) is 47.7 Å². The number of nitrogens with zero attached hydrogens (tertiary/aromatic N) is 1. The minimum atomic E-state index is -0.494. The number of carbonyl (C=O) groups excluding carboxylic acids is 1. The monoisotopic (exact) mass is 322 g/mol. The lowest BCUT2D eigenvalue weighted by atomic mass is 10.0. The first-order valence-corrected chi connectivity index (χ1v) is 8.13. The van der Waals surface area contributed by atoms with Crippen LogP contribution in [-0.2, 0) is 4.79 Å². The van der Waals surface area contributed by atoms with E-state index in [1.165, 1.54) is 0 Å². The Morgan fingerprint density at radius 3 is 2.92 bits per heavy atom. The zero-order valence-electron chi connectivity index (χ0n) is 13.9. The lowest BCUT2D eigenvalue weighted by Gasteiger charge is -2.14. The molecule has 0 aliphatic rings. The third-order valence-corrected chi connectivity index (χ3v) is 3.96. The fraction of sp³-hybridized carbons (Fsp3) is 0.263. The van der Waals surface area contributed by atoms with E-state index in [0.29, 0.717) is 12.3 Å². The second-order valence-electron chi connectivity index (χ2n) is 6.40. The van der Waals surface area contributed by atoms with Gasteiger partial charge >= 0.3 is 0 Å². The molecule has 0 aliphatic heterocycles. The van der Waals surface area contributed by atoms with Gasteiger partial charge in [0.1, 0.15) is 5.65 Å². The highest BCUT2D eigenvalue weighted by Gasteiger charge is 2.15. The molecule has 3 aromatic rings. The first-order chi connectivity index (χ1) is 11.5. The number of hydrogen-bond acceptors (Lipinski definition) is 3. The average Bonchev–Trinajstić information content (AvgIpc) is 3.03. The highest BCUT2D eigenvalue weighted by Crippen LogP contribution is 2.28. The largest absolute Gasteiger partial charge is 0.346 e. The summed E-state index contributed by atoms with van der Waals surface area (Å²) in [5, 5.41) is 3.96. The highest BCUT2D eigenvalue weighted by atomic mass is 16.2. The number of hydrogen-bond donors (Lipinski definition) is 3. The second-order valence-corrected chi connectivity index (χ2v) is 6.40. The summed E-state index contributed by atoms with van der Waals surface area (Å²) in [6.07, 6.45) is 4.32. The molecular weight excluding hydrogens is 300 g/mol. The van der Waals surface area contributed by atoms with E-state index < -0.39 is 6.04 Å². The number of anilines is 1. The Morgan fingerprint density at radius 1 is 1.29 bits per heavy atom. The van der Waals surface area contributed by atoms with Crippen molar-refractivity contribution in [2.24, 2.45) is 11.7 Å². The van der Waals surface area contributed by atoms with E-state index >= 15 is 0 Å². The smallest absolute Gasteiger partial charge is 0.241 e. The van der Waals surface area contributed by atoms with Crippen LogP contribution in [-0.4, -0.2) is 21.9 Å². The Kier molecular flexibility index (Phi) is 4.62. The molecule has 0 spiro atoms. The molecule has 0 unspecified atom stereocenters. The van der Waals surface area contributed by atoms with Gasteiger partial charge in [0.2, 0.25) is 5.91 Å². The zero-order chi connectivity index (χ0) is 17.1. The van der Waals surface area contributed by atoms with E-state index in [1.54, 1.807) is 6.20 Å². The van der Waals surface area contributed by atoms with Crippen molar-refractivity contribution in [2.75, 3.05) is 5.32 Å². The second kappa shape index (κ2) is 6.84. The quantitative estimate of drug-likeness (QED) is 0.672. The lowest BCUT2D eigenvalue weighted by Crippen LogP contribution is -2.36. The molecule has 1 atom stereocenters. The molecule has 0 aliphatic carbocycles. The molecule has 1 amide bonds. The van der Waals surface area contributed by atoms with Crippen molar-refractivity contribution in [1.82, 2.24) is 9.97 Å². The van der Waals surface area contributed by atoms with Crippen molar-refractivity contribution in [1.29, 1.82) is 0 Å². The van der Waals surface area contributed by atoms with Crippen LogP contribution in [0.1, 0.15) is 20.3 Å². The van der Waals surface area contributed by atoms with Crippen molar-refractivity contribution in [3.8, 4) is 11.1 Å². The van der Waals surface area contributed by atoms with Gasteiger partial charge < -0.3 is 16.0 Å². The van der Waals surface area contributed by atoms with Gasteiger partial charge in [0.15, 0.2) is 0 Å². The average molecular weight is 322 g/mol. The molecular formula is C19H22N4O. The van der Waals surface area contributed by atoms with Crippen LogP contribution in [0.5, 0.6) is 0 Å². The number of fused-ring (bicyclic) bond motifs is 1. The molecule has 0 saturated heterocycles. The van der Waals surface area contributed by atoms with Gasteiger partial charge in [-0.3, -0.25) is 4.79 Å². The maximum absolute atomic E-state index is 12.2. The third kappa shape index (κ3) is 3.46. The number of H-pyrrole nitrogens is 1. The van der Waals surface area contributed by atoms with Crippen molar-refractivity contribution in [2.45, 2.75) is 26.3 Å². The molecule has 2 aromatic heterocycles. The number of aromatic nitrogens is 2. The Balaban J connectivity index is 1.85. The van der Waals surface area contributed by atoms with Gasteiger partial charge in [0.05, 0.1) is 6.04 Å². The fourth-order valence-corrected chi connectivity index (χ4v) is 2.83. The minimum absolute atomic E-state index is 0.151. The summed E-state index contributed by atoms with van der Waals surface area (Å²) in [6.45, 7) is 4.11. The van der Waals surface area contributed by atoms with Crippen LogP contribution in [0.4, 0.5) is 5.69 Å². The number of nitrogens with two attached hydrogens (primary N) is 1. The van der Waals surface area contributed by atoms with Gasteiger partial charge in [-0.25, -0.2) is 4.98 Å². The SMILES string of the molecule is CC(C)C[C@@H](N)C(=O)Nc1cccc(-c2ccnc3[nH]ccc23)c1. The molecule has 1 aromatic carbocycles. The summed E-state index contributed by atoms with van der Waals surface area (Å²) in [4.78, 5) is 19.6. The molecule has 0 radical (unpaired) electrons.